The Bertz CT molecular complexity index is 226. The summed E-state index contributed by atoms with van der Waals surface area (Å²) in [5.41, 5.74) is 0. The van der Waals surface area contributed by atoms with Crippen molar-refractivity contribution in [1.82, 2.24) is 0 Å². The smallest absolute Gasteiger partial charge is 0.00726 e. The molecule has 2 fully saturated rings. The minimum Gasteiger partial charge on any atom is -0.162 e. The maximum absolute atomic E-state index is 2.40. The van der Waals surface area contributed by atoms with Gasteiger partial charge in [0.2, 0.25) is 0 Å². The molecule has 17 heavy (non-hydrogen) atoms. The summed E-state index contributed by atoms with van der Waals surface area (Å²) in [6.45, 7) is 4.78. The molecule has 0 N–H and O–H groups in total. The van der Waals surface area contributed by atoms with Gasteiger partial charge in [0.05, 0.1) is 0 Å². The van der Waals surface area contributed by atoms with Gasteiger partial charge in [-0.15, -0.1) is 0 Å². The van der Waals surface area contributed by atoms with Gasteiger partial charge in [0.1, 0.15) is 0 Å². The Hall–Kier alpha value is 0.350. The molecular formula is C16H30S. The summed E-state index contributed by atoms with van der Waals surface area (Å²) in [6.07, 6.45) is 14.4. The first-order valence-corrected chi connectivity index (χ1v) is 9.10. The van der Waals surface area contributed by atoms with Crippen molar-refractivity contribution < 1.29 is 0 Å². The second-order valence-electron chi connectivity index (χ2n) is 6.36. The lowest BCUT2D eigenvalue weighted by atomic mass is 9.73. The first-order valence-electron chi connectivity index (χ1n) is 7.81. The van der Waals surface area contributed by atoms with E-state index in [2.05, 4.69) is 31.9 Å². The average molecular weight is 254 g/mol. The van der Waals surface area contributed by atoms with Gasteiger partial charge in [-0.1, -0.05) is 33.1 Å². The first-order chi connectivity index (χ1) is 8.28. The molecule has 5 unspecified atom stereocenters. The molecule has 0 heterocycles. The molecule has 0 nitrogen and oxygen atoms in total. The van der Waals surface area contributed by atoms with Crippen LogP contribution in [0, 0.1) is 23.7 Å². The van der Waals surface area contributed by atoms with Crippen LogP contribution in [0.5, 0.6) is 0 Å². The highest BCUT2D eigenvalue weighted by molar-refractivity contribution is 7.99. The third-order valence-corrected chi connectivity index (χ3v) is 6.83. The van der Waals surface area contributed by atoms with E-state index in [0.29, 0.717) is 0 Å². The summed E-state index contributed by atoms with van der Waals surface area (Å²) in [5, 5.41) is 0.972. The Labute approximate surface area is 112 Å². The predicted molar refractivity (Wildman–Crippen MR) is 79.5 cm³/mol. The fourth-order valence-electron chi connectivity index (χ4n) is 4.35. The largest absolute Gasteiger partial charge is 0.162 e. The molecule has 0 aliphatic heterocycles. The van der Waals surface area contributed by atoms with Crippen LogP contribution in [-0.4, -0.2) is 11.5 Å². The van der Waals surface area contributed by atoms with Crippen LogP contribution in [0.3, 0.4) is 0 Å². The maximum Gasteiger partial charge on any atom is 0.00726 e. The van der Waals surface area contributed by atoms with Gasteiger partial charge in [0.25, 0.3) is 0 Å². The van der Waals surface area contributed by atoms with Crippen LogP contribution in [0.1, 0.15) is 65.2 Å². The summed E-state index contributed by atoms with van der Waals surface area (Å²) in [7, 11) is 0. The molecule has 0 spiro atoms. The molecule has 0 aromatic rings. The number of thioether (sulfide) groups is 1. The van der Waals surface area contributed by atoms with Crippen LogP contribution >= 0.6 is 11.8 Å². The number of rotatable bonds is 4. The number of hydrogen-bond acceptors (Lipinski definition) is 1. The van der Waals surface area contributed by atoms with Crippen LogP contribution in [0.2, 0.25) is 0 Å². The SMILES string of the molecule is CCC1CCC(C2CCC(SC)C(CC)C2)C1. The molecule has 0 aromatic carbocycles. The summed E-state index contributed by atoms with van der Waals surface area (Å²) in [4.78, 5) is 0. The van der Waals surface area contributed by atoms with E-state index in [9.17, 15) is 0 Å². The van der Waals surface area contributed by atoms with Crippen molar-refractivity contribution in [2.45, 2.75) is 70.5 Å². The van der Waals surface area contributed by atoms with Gasteiger partial charge < -0.3 is 0 Å². The van der Waals surface area contributed by atoms with Crippen LogP contribution in [0.15, 0.2) is 0 Å². The van der Waals surface area contributed by atoms with Crippen molar-refractivity contribution in [3.05, 3.63) is 0 Å². The third kappa shape index (κ3) is 3.22. The van der Waals surface area contributed by atoms with Crippen molar-refractivity contribution in [3.63, 3.8) is 0 Å². The molecule has 2 saturated carbocycles. The lowest BCUT2D eigenvalue weighted by molar-refractivity contribution is 0.195. The van der Waals surface area contributed by atoms with Gasteiger partial charge >= 0.3 is 0 Å². The van der Waals surface area contributed by atoms with E-state index in [0.717, 1.165) is 28.9 Å². The summed E-state index contributed by atoms with van der Waals surface area (Å²) in [6, 6.07) is 0. The van der Waals surface area contributed by atoms with Crippen molar-refractivity contribution in [1.29, 1.82) is 0 Å². The minimum atomic E-state index is 0.972. The van der Waals surface area contributed by atoms with E-state index in [1.165, 1.54) is 32.1 Å². The predicted octanol–water partition coefficient (Wildman–Crippen LogP) is 5.37. The Morgan fingerprint density at radius 2 is 1.59 bits per heavy atom. The van der Waals surface area contributed by atoms with E-state index in [1.54, 1.807) is 19.3 Å². The van der Waals surface area contributed by atoms with Crippen LogP contribution < -0.4 is 0 Å². The zero-order chi connectivity index (χ0) is 12.3. The summed E-state index contributed by atoms with van der Waals surface area (Å²) >= 11 is 2.13. The lowest BCUT2D eigenvalue weighted by Crippen LogP contribution is -2.29. The van der Waals surface area contributed by atoms with Gasteiger partial charge in [0.15, 0.2) is 0 Å². The van der Waals surface area contributed by atoms with Crippen molar-refractivity contribution in [3.8, 4) is 0 Å². The van der Waals surface area contributed by atoms with E-state index < -0.39 is 0 Å². The van der Waals surface area contributed by atoms with Gasteiger partial charge in [-0.3, -0.25) is 0 Å². The van der Waals surface area contributed by atoms with E-state index in [-0.39, 0.29) is 0 Å². The molecule has 1 heteroatoms. The van der Waals surface area contributed by atoms with E-state index in [4.69, 9.17) is 0 Å². The highest BCUT2D eigenvalue weighted by atomic mass is 32.2. The molecule has 0 amide bonds. The Balaban J connectivity index is 1.87. The molecule has 0 saturated heterocycles. The highest BCUT2D eigenvalue weighted by Crippen LogP contribution is 2.46. The topological polar surface area (TPSA) is 0 Å². The quantitative estimate of drug-likeness (QED) is 0.650. The summed E-state index contributed by atoms with van der Waals surface area (Å²) < 4.78 is 0. The van der Waals surface area contributed by atoms with Crippen molar-refractivity contribution in [2.24, 2.45) is 23.7 Å². The molecule has 2 rings (SSSR count). The molecule has 100 valence electrons. The van der Waals surface area contributed by atoms with Crippen LogP contribution in [0.25, 0.3) is 0 Å². The van der Waals surface area contributed by atoms with Crippen LogP contribution in [0.4, 0.5) is 0 Å². The van der Waals surface area contributed by atoms with E-state index >= 15 is 0 Å². The average Bonchev–Trinajstić information content (AvgIpc) is 2.86. The molecule has 0 bridgehead atoms. The third-order valence-electron chi connectivity index (χ3n) is 5.61. The normalized spacial score (nSPS) is 42.9. The fraction of sp³-hybridized carbons (Fsp3) is 1.00. The zero-order valence-electron chi connectivity index (χ0n) is 12.0. The monoisotopic (exact) mass is 254 g/mol. The van der Waals surface area contributed by atoms with Crippen molar-refractivity contribution in [2.75, 3.05) is 6.26 Å². The summed E-state index contributed by atoms with van der Waals surface area (Å²) in [5.74, 6) is 4.26. The van der Waals surface area contributed by atoms with Gasteiger partial charge in [0, 0.05) is 5.25 Å². The fourth-order valence-corrected chi connectivity index (χ4v) is 5.41. The molecule has 5 atom stereocenters. The van der Waals surface area contributed by atoms with Crippen LogP contribution in [-0.2, 0) is 0 Å². The highest BCUT2D eigenvalue weighted by Gasteiger charge is 2.36. The van der Waals surface area contributed by atoms with Gasteiger partial charge in [-0.05, 0) is 62.0 Å². The molecule has 2 aliphatic rings. The van der Waals surface area contributed by atoms with E-state index in [1.807, 2.05) is 0 Å². The van der Waals surface area contributed by atoms with Gasteiger partial charge in [-0.25, -0.2) is 0 Å². The minimum absolute atomic E-state index is 0.972. The maximum atomic E-state index is 2.40. The Morgan fingerprint density at radius 1 is 0.882 bits per heavy atom. The molecule has 0 radical (unpaired) electrons. The van der Waals surface area contributed by atoms with Crippen molar-refractivity contribution >= 4 is 11.8 Å². The standard InChI is InChI=1S/C16H30S/c1-4-12-6-7-14(10-12)15-8-9-16(17-3)13(5-2)11-15/h12-16H,4-11H2,1-3H3. The van der Waals surface area contributed by atoms with Gasteiger partial charge in [-0.2, -0.15) is 11.8 Å². The lowest BCUT2D eigenvalue weighted by Gasteiger charge is -2.37. The first kappa shape index (κ1) is 13.8. The number of hydrogen-bond donors (Lipinski definition) is 0. The molecular weight excluding hydrogens is 224 g/mol. The Morgan fingerprint density at radius 3 is 2.18 bits per heavy atom. The second-order valence-corrected chi connectivity index (χ2v) is 7.44. The Kier molecular flexibility index (Phi) is 5.26. The molecule has 0 aromatic heterocycles. The zero-order valence-corrected chi connectivity index (χ0v) is 12.8. The second kappa shape index (κ2) is 6.50. The molecule has 2 aliphatic carbocycles.